The van der Waals surface area contributed by atoms with Crippen LogP contribution in [0.25, 0.3) is 0 Å². The molecule has 1 rings (SSSR count). The first-order valence-electron chi connectivity index (χ1n) is 6.89. The van der Waals surface area contributed by atoms with E-state index >= 15 is 0 Å². The van der Waals surface area contributed by atoms with Crippen molar-refractivity contribution in [2.45, 2.75) is 66.6 Å². The van der Waals surface area contributed by atoms with Crippen molar-refractivity contribution in [3.8, 4) is 0 Å². The van der Waals surface area contributed by atoms with E-state index in [-0.39, 0.29) is 23.5 Å². The topological polar surface area (TPSA) is 32.3 Å². The summed E-state index contributed by atoms with van der Waals surface area (Å²) >= 11 is 0. The fraction of sp³-hybridized carbons (Fsp3) is 0.929. The van der Waals surface area contributed by atoms with E-state index in [0.29, 0.717) is 5.92 Å². The monoisotopic (exact) mass is 240 g/mol. The Kier molecular flexibility index (Phi) is 4.59. The standard InChI is InChI=1S/C14H28N2O/c1-7-11-15-12(10(3)4)13(17)16(11)9-14(5,6)8-2/h10-12,15H,7-9H2,1-6H3. The van der Waals surface area contributed by atoms with Gasteiger partial charge in [-0.1, -0.05) is 41.5 Å². The smallest absolute Gasteiger partial charge is 0.241 e. The third-order valence-corrected chi connectivity index (χ3v) is 3.91. The molecule has 2 unspecified atom stereocenters. The molecule has 0 aliphatic carbocycles. The van der Waals surface area contributed by atoms with Gasteiger partial charge >= 0.3 is 0 Å². The van der Waals surface area contributed by atoms with Crippen LogP contribution in [0.1, 0.15) is 54.4 Å². The molecule has 0 aromatic rings. The maximum absolute atomic E-state index is 12.4. The molecule has 0 aromatic carbocycles. The molecule has 1 amide bonds. The van der Waals surface area contributed by atoms with Crippen LogP contribution >= 0.6 is 0 Å². The van der Waals surface area contributed by atoms with Gasteiger partial charge in [0.2, 0.25) is 5.91 Å². The number of rotatable bonds is 5. The lowest BCUT2D eigenvalue weighted by Gasteiger charge is -2.32. The Balaban J connectivity index is 2.79. The number of hydrogen-bond acceptors (Lipinski definition) is 2. The van der Waals surface area contributed by atoms with Gasteiger partial charge in [0.15, 0.2) is 0 Å². The number of nitrogens with one attached hydrogen (secondary N) is 1. The lowest BCUT2D eigenvalue weighted by Crippen LogP contribution is -2.42. The van der Waals surface area contributed by atoms with Gasteiger partial charge < -0.3 is 4.90 Å². The van der Waals surface area contributed by atoms with E-state index < -0.39 is 0 Å². The van der Waals surface area contributed by atoms with E-state index in [1.807, 2.05) is 4.90 Å². The molecule has 1 aliphatic rings. The highest BCUT2D eigenvalue weighted by atomic mass is 16.2. The van der Waals surface area contributed by atoms with Crippen LogP contribution in [0.2, 0.25) is 0 Å². The highest BCUT2D eigenvalue weighted by Gasteiger charge is 2.40. The second kappa shape index (κ2) is 5.38. The van der Waals surface area contributed by atoms with Crippen LogP contribution in [0.15, 0.2) is 0 Å². The zero-order valence-electron chi connectivity index (χ0n) is 12.2. The Morgan fingerprint density at radius 3 is 2.35 bits per heavy atom. The molecule has 3 nitrogen and oxygen atoms in total. The highest BCUT2D eigenvalue weighted by Crippen LogP contribution is 2.26. The fourth-order valence-corrected chi connectivity index (χ4v) is 2.28. The molecule has 3 heteroatoms. The maximum Gasteiger partial charge on any atom is 0.241 e. The van der Waals surface area contributed by atoms with Crippen LogP contribution in [0.5, 0.6) is 0 Å². The van der Waals surface area contributed by atoms with Crippen molar-refractivity contribution in [3.05, 3.63) is 0 Å². The Morgan fingerprint density at radius 2 is 1.94 bits per heavy atom. The molecule has 0 aromatic heterocycles. The number of hydrogen-bond donors (Lipinski definition) is 1. The Morgan fingerprint density at radius 1 is 1.35 bits per heavy atom. The average Bonchev–Trinajstić information content (AvgIpc) is 2.56. The summed E-state index contributed by atoms with van der Waals surface area (Å²) in [5.74, 6) is 0.652. The van der Waals surface area contributed by atoms with Crippen molar-refractivity contribution in [3.63, 3.8) is 0 Å². The first kappa shape index (κ1) is 14.5. The molecular formula is C14H28N2O. The second-order valence-electron chi connectivity index (χ2n) is 6.30. The SMILES string of the molecule is CCC1NC(C(C)C)C(=O)N1CC(C)(C)CC. The van der Waals surface area contributed by atoms with E-state index in [2.05, 4.69) is 46.9 Å². The molecule has 0 radical (unpaired) electrons. The molecule has 100 valence electrons. The lowest BCUT2D eigenvalue weighted by atomic mass is 9.89. The minimum absolute atomic E-state index is 0.00704. The predicted molar refractivity (Wildman–Crippen MR) is 71.6 cm³/mol. The molecule has 1 aliphatic heterocycles. The Labute approximate surface area is 106 Å². The van der Waals surface area contributed by atoms with Gasteiger partial charge in [0, 0.05) is 6.54 Å². The second-order valence-corrected chi connectivity index (χ2v) is 6.30. The largest absolute Gasteiger partial charge is 0.325 e. The lowest BCUT2D eigenvalue weighted by molar-refractivity contribution is -0.132. The summed E-state index contributed by atoms with van der Waals surface area (Å²) in [5, 5.41) is 3.46. The van der Waals surface area contributed by atoms with Gasteiger partial charge in [-0.2, -0.15) is 0 Å². The van der Waals surface area contributed by atoms with Crippen molar-refractivity contribution in [2.24, 2.45) is 11.3 Å². The van der Waals surface area contributed by atoms with Crippen molar-refractivity contribution >= 4 is 5.91 Å². The third kappa shape index (κ3) is 3.21. The quantitative estimate of drug-likeness (QED) is 0.801. The Hall–Kier alpha value is -0.570. The molecule has 1 saturated heterocycles. The molecular weight excluding hydrogens is 212 g/mol. The van der Waals surface area contributed by atoms with E-state index in [4.69, 9.17) is 0 Å². The molecule has 1 heterocycles. The third-order valence-electron chi connectivity index (χ3n) is 3.91. The van der Waals surface area contributed by atoms with Crippen LogP contribution in [-0.4, -0.2) is 29.6 Å². The number of nitrogens with zero attached hydrogens (tertiary/aromatic N) is 1. The summed E-state index contributed by atoms with van der Waals surface area (Å²) in [6.07, 6.45) is 2.30. The van der Waals surface area contributed by atoms with Crippen molar-refractivity contribution in [1.82, 2.24) is 10.2 Å². The number of carbonyl (C=O) groups excluding carboxylic acids is 1. The molecule has 0 spiro atoms. The van der Waals surface area contributed by atoms with Crippen LogP contribution < -0.4 is 5.32 Å². The zero-order valence-corrected chi connectivity index (χ0v) is 12.2. The molecule has 0 saturated carbocycles. The summed E-state index contributed by atoms with van der Waals surface area (Å²) in [6, 6.07) is 0.00704. The number of carbonyl (C=O) groups is 1. The van der Waals surface area contributed by atoms with Crippen molar-refractivity contribution < 1.29 is 4.79 Å². The van der Waals surface area contributed by atoms with E-state index in [1.54, 1.807) is 0 Å². The van der Waals surface area contributed by atoms with Crippen LogP contribution in [-0.2, 0) is 4.79 Å². The predicted octanol–water partition coefficient (Wildman–Crippen LogP) is 2.62. The molecule has 17 heavy (non-hydrogen) atoms. The number of amides is 1. The maximum atomic E-state index is 12.4. The summed E-state index contributed by atoms with van der Waals surface area (Å²) in [7, 11) is 0. The van der Waals surface area contributed by atoms with Gasteiger partial charge in [0.25, 0.3) is 0 Å². The molecule has 1 fully saturated rings. The van der Waals surface area contributed by atoms with E-state index in [1.165, 1.54) is 0 Å². The Bertz CT molecular complexity index is 273. The van der Waals surface area contributed by atoms with Gasteiger partial charge in [0.1, 0.15) is 0 Å². The van der Waals surface area contributed by atoms with Gasteiger partial charge in [-0.3, -0.25) is 10.1 Å². The first-order chi connectivity index (χ1) is 7.82. The fourth-order valence-electron chi connectivity index (χ4n) is 2.28. The zero-order chi connectivity index (χ0) is 13.2. The van der Waals surface area contributed by atoms with E-state index in [9.17, 15) is 4.79 Å². The van der Waals surface area contributed by atoms with E-state index in [0.717, 1.165) is 19.4 Å². The minimum atomic E-state index is 0.00704. The van der Waals surface area contributed by atoms with Crippen LogP contribution in [0.4, 0.5) is 0 Å². The molecule has 2 atom stereocenters. The normalized spacial score (nSPS) is 26.1. The minimum Gasteiger partial charge on any atom is -0.325 e. The summed E-state index contributed by atoms with van der Waals surface area (Å²) < 4.78 is 0. The summed E-state index contributed by atoms with van der Waals surface area (Å²) in [4.78, 5) is 14.4. The van der Waals surface area contributed by atoms with Gasteiger partial charge in [-0.25, -0.2) is 0 Å². The van der Waals surface area contributed by atoms with Crippen LogP contribution in [0, 0.1) is 11.3 Å². The van der Waals surface area contributed by atoms with Gasteiger partial charge in [0.05, 0.1) is 12.2 Å². The van der Waals surface area contributed by atoms with Crippen molar-refractivity contribution in [1.29, 1.82) is 0 Å². The van der Waals surface area contributed by atoms with Crippen molar-refractivity contribution in [2.75, 3.05) is 6.54 Å². The van der Waals surface area contributed by atoms with Crippen LogP contribution in [0.3, 0.4) is 0 Å². The molecule has 0 bridgehead atoms. The average molecular weight is 240 g/mol. The highest BCUT2D eigenvalue weighted by molar-refractivity contribution is 5.84. The summed E-state index contributed by atoms with van der Waals surface area (Å²) in [5.41, 5.74) is 0.205. The first-order valence-corrected chi connectivity index (χ1v) is 6.89. The molecule has 1 N–H and O–H groups in total. The summed E-state index contributed by atoms with van der Waals surface area (Å²) in [6.45, 7) is 13.9. The van der Waals surface area contributed by atoms with Gasteiger partial charge in [-0.15, -0.1) is 0 Å². The van der Waals surface area contributed by atoms with Gasteiger partial charge in [-0.05, 0) is 24.2 Å².